The maximum atomic E-state index is 3.48. The molecule has 2 atom stereocenters. The molecule has 0 unspecified atom stereocenters. The van der Waals surface area contributed by atoms with Gasteiger partial charge in [0.1, 0.15) is 0 Å². The third-order valence-corrected chi connectivity index (χ3v) is 2.58. The van der Waals surface area contributed by atoms with E-state index in [1.165, 1.54) is 13.0 Å². The quantitative estimate of drug-likeness (QED) is 0.544. The molecular weight excluding hydrogens is 122 g/mol. The lowest BCUT2D eigenvalue weighted by molar-refractivity contribution is 0.258. The zero-order valence-corrected chi connectivity index (χ0v) is 7.57. The van der Waals surface area contributed by atoms with Crippen LogP contribution in [0.3, 0.4) is 0 Å². The third-order valence-electron chi connectivity index (χ3n) is 2.58. The van der Waals surface area contributed by atoms with E-state index in [4.69, 9.17) is 0 Å². The lowest BCUT2D eigenvalue weighted by atomic mass is 9.79. The molecule has 1 fully saturated rings. The first-order valence-corrected chi connectivity index (χ1v) is 4.23. The predicted molar refractivity (Wildman–Crippen MR) is 45.0 cm³/mol. The molecule has 0 spiro atoms. The van der Waals surface area contributed by atoms with Crippen molar-refractivity contribution in [3.63, 3.8) is 0 Å². The molecule has 0 aliphatic carbocycles. The molecule has 0 aromatic heterocycles. The Labute approximate surface area is 64.2 Å². The molecule has 0 aromatic rings. The van der Waals surface area contributed by atoms with E-state index in [1.54, 1.807) is 0 Å². The fraction of sp³-hybridized carbons (Fsp3) is 1.00. The molecule has 1 heterocycles. The van der Waals surface area contributed by atoms with Gasteiger partial charge in [0.2, 0.25) is 0 Å². The first-order valence-electron chi connectivity index (χ1n) is 4.23. The molecule has 1 saturated heterocycles. The fourth-order valence-electron chi connectivity index (χ4n) is 1.60. The highest BCUT2D eigenvalue weighted by Gasteiger charge is 2.30. The first-order chi connectivity index (χ1) is 4.50. The zero-order valence-electron chi connectivity index (χ0n) is 7.57. The molecular formula is C9H19N. The summed E-state index contributed by atoms with van der Waals surface area (Å²) in [6, 6.07) is 0.740. The Morgan fingerprint density at radius 2 is 1.90 bits per heavy atom. The van der Waals surface area contributed by atoms with Gasteiger partial charge in [-0.05, 0) is 31.2 Å². The van der Waals surface area contributed by atoms with E-state index in [0.717, 1.165) is 12.0 Å². The van der Waals surface area contributed by atoms with Crippen LogP contribution in [0, 0.1) is 11.3 Å². The second-order valence-corrected chi connectivity index (χ2v) is 4.61. The highest BCUT2D eigenvalue weighted by atomic mass is 14.9. The molecule has 0 bridgehead atoms. The highest BCUT2D eigenvalue weighted by molar-refractivity contribution is 4.85. The van der Waals surface area contributed by atoms with Crippen molar-refractivity contribution in [3.05, 3.63) is 0 Å². The summed E-state index contributed by atoms with van der Waals surface area (Å²) in [4.78, 5) is 0. The summed E-state index contributed by atoms with van der Waals surface area (Å²) in [5.74, 6) is 0.877. The minimum atomic E-state index is 0.498. The Balaban J connectivity index is 2.45. The summed E-state index contributed by atoms with van der Waals surface area (Å²) in [6.45, 7) is 10.5. The largest absolute Gasteiger partial charge is 0.314 e. The molecule has 0 radical (unpaired) electrons. The van der Waals surface area contributed by atoms with Crippen LogP contribution in [0.4, 0.5) is 0 Å². The molecule has 1 aliphatic heterocycles. The predicted octanol–water partition coefficient (Wildman–Crippen LogP) is 2.03. The van der Waals surface area contributed by atoms with Crippen LogP contribution in [-0.4, -0.2) is 12.6 Å². The van der Waals surface area contributed by atoms with E-state index in [-0.39, 0.29) is 0 Å². The summed E-state index contributed by atoms with van der Waals surface area (Å²) in [5.41, 5.74) is 0.498. The van der Waals surface area contributed by atoms with Gasteiger partial charge in [-0.25, -0.2) is 0 Å². The molecule has 1 rings (SSSR count). The minimum Gasteiger partial charge on any atom is -0.314 e. The van der Waals surface area contributed by atoms with Crippen LogP contribution < -0.4 is 5.32 Å². The minimum absolute atomic E-state index is 0.498. The average molecular weight is 141 g/mol. The normalized spacial score (nSPS) is 34.8. The second kappa shape index (κ2) is 2.54. The smallest absolute Gasteiger partial charge is 0.00421 e. The molecule has 0 saturated carbocycles. The van der Waals surface area contributed by atoms with Crippen molar-refractivity contribution in [2.75, 3.05) is 6.54 Å². The van der Waals surface area contributed by atoms with E-state index >= 15 is 0 Å². The Morgan fingerprint density at radius 1 is 1.30 bits per heavy atom. The molecule has 0 aromatic carbocycles. The Hall–Kier alpha value is -0.0400. The van der Waals surface area contributed by atoms with Crippen molar-refractivity contribution in [2.24, 2.45) is 11.3 Å². The van der Waals surface area contributed by atoms with E-state index in [0.29, 0.717) is 5.41 Å². The number of nitrogens with one attached hydrogen (secondary N) is 1. The SMILES string of the molecule is C[C@H]1C[C@@H](C(C)(C)C)CN1. The van der Waals surface area contributed by atoms with Gasteiger partial charge in [0.05, 0.1) is 0 Å². The van der Waals surface area contributed by atoms with Crippen molar-refractivity contribution in [1.82, 2.24) is 5.32 Å². The van der Waals surface area contributed by atoms with E-state index in [2.05, 4.69) is 33.0 Å². The Kier molecular flexibility index (Phi) is 2.04. The fourth-order valence-corrected chi connectivity index (χ4v) is 1.60. The number of hydrogen-bond donors (Lipinski definition) is 1. The summed E-state index contributed by atoms with van der Waals surface area (Å²) in [6.07, 6.45) is 1.35. The summed E-state index contributed by atoms with van der Waals surface area (Å²) >= 11 is 0. The summed E-state index contributed by atoms with van der Waals surface area (Å²) in [7, 11) is 0. The molecule has 10 heavy (non-hydrogen) atoms. The van der Waals surface area contributed by atoms with Crippen LogP contribution in [0.1, 0.15) is 34.1 Å². The van der Waals surface area contributed by atoms with Crippen molar-refractivity contribution >= 4 is 0 Å². The van der Waals surface area contributed by atoms with E-state index in [1.807, 2.05) is 0 Å². The zero-order chi connectivity index (χ0) is 7.78. The van der Waals surface area contributed by atoms with Gasteiger partial charge in [0.15, 0.2) is 0 Å². The topological polar surface area (TPSA) is 12.0 Å². The average Bonchev–Trinajstić information content (AvgIpc) is 2.11. The van der Waals surface area contributed by atoms with Gasteiger partial charge < -0.3 is 5.32 Å². The van der Waals surface area contributed by atoms with Crippen LogP contribution in [0.2, 0.25) is 0 Å². The maximum Gasteiger partial charge on any atom is 0.00421 e. The Bertz CT molecular complexity index is 112. The monoisotopic (exact) mass is 141 g/mol. The van der Waals surface area contributed by atoms with Crippen molar-refractivity contribution < 1.29 is 0 Å². The van der Waals surface area contributed by atoms with Crippen LogP contribution in [-0.2, 0) is 0 Å². The molecule has 60 valence electrons. The van der Waals surface area contributed by atoms with Crippen LogP contribution >= 0.6 is 0 Å². The Morgan fingerprint density at radius 3 is 2.10 bits per heavy atom. The second-order valence-electron chi connectivity index (χ2n) is 4.61. The first kappa shape index (κ1) is 8.06. The molecule has 1 nitrogen and oxygen atoms in total. The summed E-state index contributed by atoms with van der Waals surface area (Å²) < 4.78 is 0. The summed E-state index contributed by atoms with van der Waals surface area (Å²) in [5, 5.41) is 3.48. The van der Waals surface area contributed by atoms with Crippen LogP contribution in [0.5, 0.6) is 0 Å². The number of hydrogen-bond acceptors (Lipinski definition) is 1. The van der Waals surface area contributed by atoms with Crippen molar-refractivity contribution in [3.8, 4) is 0 Å². The standard InChI is InChI=1S/C9H19N/c1-7-5-8(6-10-7)9(2,3)4/h7-8,10H,5-6H2,1-4H3/t7-,8+/m0/s1. The van der Waals surface area contributed by atoms with E-state index in [9.17, 15) is 0 Å². The maximum absolute atomic E-state index is 3.48. The molecule has 1 N–H and O–H groups in total. The van der Waals surface area contributed by atoms with Gasteiger partial charge in [-0.2, -0.15) is 0 Å². The molecule has 1 aliphatic rings. The molecule has 1 heteroatoms. The van der Waals surface area contributed by atoms with E-state index < -0.39 is 0 Å². The third kappa shape index (κ3) is 1.72. The van der Waals surface area contributed by atoms with Crippen LogP contribution in [0.15, 0.2) is 0 Å². The van der Waals surface area contributed by atoms with Crippen LogP contribution in [0.25, 0.3) is 0 Å². The lowest BCUT2D eigenvalue weighted by Crippen LogP contribution is -2.22. The van der Waals surface area contributed by atoms with Gasteiger partial charge in [0, 0.05) is 6.04 Å². The van der Waals surface area contributed by atoms with Gasteiger partial charge in [-0.3, -0.25) is 0 Å². The van der Waals surface area contributed by atoms with Crippen molar-refractivity contribution in [1.29, 1.82) is 0 Å². The van der Waals surface area contributed by atoms with Gasteiger partial charge in [-0.15, -0.1) is 0 Å². The highest BCUT2D eigenvalue weighted by Crippen LogP contribution is 2.32. The number of rotatable bonds is 0. The lowest BCUT2D eigenvalue weighted by Gasteiger charge is -2.25. The van der Waals surface area contributed by atoms with Gasteiger partial charge in [0.25, 0.3) is 0 Å². The van der Waals surface area contributed by atoms with Gasteiger partial charge >= 0.3 is 0 Å². The van der Waals surface area contributed by atoms with Gasteiger partial charge in [-0.1, -0.05) is 20.8 Å². The molecule has 0 amide bonds. The van der Waals surface area contributed by atoms with Crippen molar-refractivity contribution in [2.45, 2.75) is 40.2 Å².